The van der Waals surface area contributed by atoms with Crippen LogP contribution in [-0.4, -0.2) is 61.0 Å². The lowest BCUT2D eigenvalue weighted by atomic mass is 10.4. The summed E-state index contributed by atoms with van der Waals surface area (Å²) in [6.45, 7) is 5.25. The number of hydrogen-bond acceptors (Lipinski definition) is 4. The molecule has 0 spiro atoms. The molecule has 0 bridgehead atoms. The van der Waals surface area contributed by atoms with Gasteiger partial charge in [0.05, 0.1) is 0 Å². The first kappa shape index (κ1) is 13.3. The van der Waals surface area contributed by atoms with Crippen molar-refractivity contribution in [3.63, 3.8) is 0 Å². The summed E-state index contributed by atoms with van der Waals surface area (Å²) in [6, 6.07) is -0.123. The van der Waals surface area contributed by atoms with Gasteiger partial charge in [0.15, 0.2) is 0 Å². The summed E-state index contributed by atoms with van der Waals surface area (Å²) >= 11 is 0. The molecule has 1 atom stereocenters. The molecule has 1 rings (SSSR count). The molecular weight excluding hydrogens is 226 g/mol. The molecule has 1 saturated heterocycles. The molecule has 17 heavy (non-hydrogen) atoms. The van der Waals surface area contributed by atoms with Gasteiger partial charge in [0.25, 0.3) is 0 Å². The number of hydrogen-bond donors (Lipinski definition) is 3. The molecule has 0 saturated carbocycles. The van der Waals surface area contributed by atoms with Gasteiger partial charge in [-0.2, -0.15) is 0 Å². The molecule has 7 heteroatoms. The summed E-state index contributed by atoms with van der Waals surface area (Å²) < 4.78 is 4.70. The van der Waals surface area contributed by atoms with Gasteiger partial charge in [-0.3, -0.25) is 0 Å². The van der Waals surface area contributed by atoms with Crippen LogP contribution in [0.3, 0.4) is 0 Å². The molecule has 96 valence electrons. The Bertz CT molecular complexity index is 295. The summed E-state index contributed by atoms with van der Waals surface area (Å²) in [5, 5.41) is 14.2. The average molecular weight is 243 g/mol. The topological polar surface area (TPSA) is 90.9 Å². The fourth-order valence-electron chi connectivity index (χ4n) is 1.30. The maximum atomic E-state index is 11.1. The maximum Gasteiger partial charge on any atom is 0.407 e. The van der Waals surface area contributed by atoms with Gasteiger partial charge in [0.1, 0.15) is 12.7 Å². The van der Waals surface area contributed by atoms with Crippen molar-refractivity contribution < 1.29 is 19.4 Å². The van der Waals surface area contributed by atoms with Crippen molar-refractivity contribution in [1.82, 2.24) is 15.5 Å². The van der Waals surface area contributed by atoms with E-state index in [1.807, 2.05) is 0 Å². The van der Waals surface area contributed by atoms with Crippen LogP contribution in [0.2, 0.25) is 0 Å². The summed E-state index contributed by atoms with van der Waals surface area (Å²) in [7, 11) is 0. The number of nitrogens with one attached hydrogen (secondary N) is 2. The Balaban J connectivity index is 2.07. The fraction of sp³-hybridized carbons (Fsp3) is 0.600. The first-order valence-electron chi connectivity index (χ1n) is 5.37. The number of nitrogens with zero attached hydrogens (tertiary/aromatic N) is 1. The van der Waals surface area contributed by atoms with Crippen molar-refractivity contribution in [3.05, 3.63) is 12.7 Å². The quantitative estimate of drug-likeness (QED) is 0.537. The Morgan fingerprint density at radius 2 is 2.53 bits per heavy atom. The van der Waals surface area contributed by atoms with Gasteiger partial charge in [-0.15, -0.1) is 6.58 Å². The second-order valence-corrected chi connectivity index (χ2v) is 3.55. The van der Waals surface area contributed by atoms with Gasteiger partial charge in [-0.1, -0.05) is 6.08 Å². The van der Waals surface area contributed by atoms with E-state index in [-0.39, 0.29) is 12.6 Å². The first-order valence-corrected chi connectivity index (χ1v) is 5.37. The zero-order chi connectivity index (χ0) is 12.7. The molecule has 0 radical (unpaired) electrons. The van der Waals surface area contributed by atoms with Crippen LogP contribution in [0, 0.1) is 0 Å². The molecule has 1 aliphatic heterocycles. The van der Waals surface area contributed by atoms with E-state index in [0.717, 1.165) is 0 Å². The third-order valence-electron chi connectivity index (χ3n) is 2.25. The van der Waals surface area contributed by atoms with E-state index in [1.165, 1.54) is 6.08 Å². The van der Waals surface area contributed by atoms with E-state index in [2.05, 4.69) is 17.2 Å². The summed E-state index contributed by atoms with van der Waals surface area (Å²) in [5.74, 6) is 0. The molecule has 1 heterocycles. The number of alkyl carbamates (subject to hydrolysis) is 1. The van der Waals surface area contributed by atoms with E-state index in [0.29, 0.717) is 26.2 Å². The molecule has 0 aliphatic carbocycles. The highest BCUT2D eigenvalue weighted by molar-refractivity contribution is 5.76. The molecule has 0 aromatic carbocycles. The monoisotopic (exact) mass is 243 g/mol. The number of amides is 3. The predicted molar refractivity (Wildman–Crippen MR) is 60.5 cm³/mol. The number of aliphatic hydroxyl groups excluding tert-OH is 1. The Hall–Kier alpha value is -1.76. The molecule has 7 nitrogen and oxygen atoms in total. The number of aliphatic hydroxyl groups is 1. The van der Waals surface area contributed by atoms with Crippen molar-refractivity contribution in [1.29, 1.82) is 0 Å². The van der Waals surface area contributed by atoms with E-state index >= 15 is 0 Å². The van der Waals surface area contributed by atoms with Gasteiger partial charge in [-0.25, -0.2) is 9.59 Å². The molecule has 1 fully saturated rings. The minimum Gasteiger partial charge on any atom is -0.446 e. The third-order valence-corrected chi connectivity index (χ3v) is 2.25. The van der Waals surface area contributed by atoms with Crippen LogP contribution in [0.15, 0.2) is 12.7 Å². The Morgan fingerprint density at radius 1 is 1.76 bits per heavy atom. The van der Waals surface area contributed by atoms with Crippen LogP contribution >= 0.6 is 0 Å². The molecule has 1 aliphatic rings. The molecule has 3 N–H and O–H groups in total. The van der Waals surface area contributed by atoms with Crippen LogP contribution in [0.25, 0.3) is 0 Å². The smallest absolute Gasteiger partial charge is 0.407 e. The van der Waals surface area contributed by atoms with E-state index in [4.69, 9.17) is 9.84 Å². The number of ether oxygens (including phenoxy) is 1. The Kier molecular flexibility index (Phi) is 5.28. The van der Waals surface area contributed by atoms with Gasteiger partial charge >= 0.3 is 12.1 Å². The number of rotatable bonds is 6. The standard InChI is InChI=1S/C10H17N3O4/c1-2-8(14)7-17-10(16)12-4-6-13-5-3-11-9(13)15/h2,8,14H,1,3-7H2,(H,11,15)(H,12,16). The zero-order valence-corrected chi connectivity index (χ0v) is 9.52. The van der Waals surface area contributed by atoms with Crippen molar-refractivity contribution in [3.8, 4) is 0 Å². The fourth-order valence-corrected chi connectivity index (χ4v) is 1.30. The lowest BCUT2D eigenvalue weighted by Crippen LogP contribution is -2.37. The molecule has 3 amide bonds. The Morgan fingerprint density at radius 3 is 3.12 bits per heavy atom. The van der Waals surface area contributed by atoms with E-state index < -0.39 is 12.2 Å². The van der Waals surface area contributed by atoms with Gasteiger partial charge < -0.3 is 25.4 Å². The minimum atomic E-state index is -0.856. The summed E-state index contributed by atoms with van der Waals surface area (Å²) in [5.41, 5.74) is 0. The van der Waals surface area contributed by atoms with Crippen LogP contribution in [-0.2, 0) is 4.74 Å². The van der Waals surface area contributed by atoms with E-state index in [9.17, 15) is 9.59 Å². The largest absolute Gasteiger partial charge is 0.446 e. The van der Waals surface area contributed by atoms with Gasteiger partial charge in [0, 0.05) is 26.2 Å². The molecule has 1 unspecified atom stereocenters. The number of carbonyl (C=O) groups excluding carboxylic acids is 2. The highest BCUT2D eigenvalue weighted by Gasteiger charge is 2.18. The van der Waals surface area contributed by atoms with Crippen molar-refractivity contribution in [2.75, 3.05) is 32.8 Å². The molecule has 0 aromatic heterocycles. The summed E-state index contributed by atoms with van der Waals surface area (Å²) in [6.07, 6.45) is -0.197. The highest BCUT2D eigenvalue weighted by atomic mass is 16.6. The number of carbonyl (C=O) groups is 2. The van der Waals surface area contributed by atoms with Gasteiger partial charge in [-0.05, 0) is 0 Å². The Labute approximate surface area is 99.4 Å². The normalized spacial score (nSPS) is 16.3. The molecular formula is C10H17N3O4. The van der Waals surface area contributed by atoms with Crippen molar-refractivity contribution >= 4 is 12.1 Å². The van der Waals surface area contributed by atoms with Crippen molar-refractivity contribution in [2.45, 2.75) is 6.10 Å². The van der Waals surface area contributed by atoms with Crippen molar-refractivity contribution in [2.24, 2.45) is 0 Å². The summed E-state index contributed by atoms with van der Waals surface area (Å²) in [4.78, 5) is 23.8. The SMILES string of the molecule is C=CC(O)COC(=O)NCCN1CCNC1=O. The second-order valence-electron chi connectivity index (χ2n) is 3.55. The molecule has 0 aromatic rings. The lowest BCUT2D eigenvalue weighted by molar-refractivity contribution is 0.0910. The highest BCUT2D eigenvalue weighted by Crippen LogP contribution is 1.94. The number of urea groups is 1. The van der Waals surface area contributed by atoms with Crippen LogP contribution in [0.4, 0.5) is 9.59 Å². The zero-order valence-electron chi connectivity index (χ0n) is 9.52. The first-order chi connectivity index (χ1) is 8.13. The third kappa shape index (κ3) is 4.73. The lowest BCUT2D eigenvalue weighted by Gasteiger charge is -2.14. The van der Waals surface area contributed by atoms with Gasteiger partial charge in [0.2, 0.25) is 0 Å². The predicted octanol–water partition coefficient (Wildman–Crippen LogP) is -0.715. The van der Waals surface area contributed by atoms with Crippen LogP contribution in [0.1, 0.15) is 0 Å². The van der Waals surface area contributed by atoms with Crippen LogP contribution < -0.4 is 10.6 Å². The minimum absolute atomic E-state index is 0.123. The average Bonchev–Trinajstić information content (AvgIpc) is 2.72. The van der Waals surface area contributed by atoms with Crippen LogP contribution in [0.5, 0.6) is 0 Å². The maximum absolute atomic E-state index is 11.1. The van der Waals surface area contributed by atoms with E-state index in [1.54, 1.807) is 4.90 Å². The second kappa shape index (κ2) is 6.74.